The van der Waals surface area contributed by atoms with E-state index in [0.717, 1.165) is 141 Å². The Balaban J connectivity index is 5.34. The van der Waals surface area contributed by atoms with Crippen LogP contribution in [-0.2, 0) is 65.4 Å². The summed E-state index contributed by atoms with van der Waals surface area (Å²) in [5.41, 5.74) is 0. The summed E-state index contributed by atoms with van der Waals surface area (Å²) in [4.78, 5) is 72.9. The lowest BCUT2D eigenvalue weighted by molar-refractivity contribution is -0.161. The zero-order valence-electron chi connectivity index (χ0n) is 62.7. The number of hydrogen-bond acceptors (Lipinski definition) is 15. The van der Waals surface area contributed by atoms with Gasteiger partial charge in [0.05, 0.1) is 26.4 Å². The molecule has 0 aromatic heterocycles. The number of hydrogen-bond donors (Lipinski definition) is 3. The monoisotopic (exact) mass is 1430 g/mol. The van der Waals surface area contributed by atoms with Gasteiger partial charge in [0.1, 0.15) is 19.3 Å². The molecule has 19 heteroatoms. The van der Waals surface area contributed by atoms with Gasteiger partial charge in [-0.05, 0) is 109 Å². The Morgan fingerprint density at radius 3 is 0.786 bits per heavy atom. The first kappa shape index (κ1) is 95.0. The van der Waals surface area contributed by atoms with Gasteiger partial charge in [0.15, 0.2) is 12.2 Å². The number of ether oxygens (including phenoxy) is 4. The van der Waals surface area contributed by atoms with Crippen molar-refractivity contribution < 1.29 is 80.2 Å². The minimum atomic E-state index is -4.97. The molecule has 0 heterocycles. The Hall–Kier alpha value is -2.98. The molecule has 0 aliphatic rings. The minimum absolute atomic E-state index is 0.0868. The summed E-state index contributed by atoms with van der Waals surface area (Å²) in [5.74, 6) is -2.17. The van der Waals surface area contributed by atoms with Gasteiger partial charge < -0.3 is 33.8 Å². The van der Waals surface area contributed by atoms with Crippen LogP contribution < -0.4 is 0 Å². The molecule has 2 unspecified atom stereocenters. The van der Waals surface area contributed by atoms with E-state index in [-0.39, 0.29) is 25.7 Å². The highest BCUT2D eigenvalue weighted by molar-refractivity contribution is 7.47. The Morgan fingerprint density at radius 2 is 0.500 bits per heavy atom. The van der Waals surface area contributed by atoms with Crippen LogP contribution in [0.2, 0.25) is 0 Å². The maximum Gasteiger partial charge on any atom is 0.472 e. The summed E-state index contributed by atoms with van der Waals surface area (Å²) in [5, 5.41) is 10.6. The fourth-order valence-corrected chi connectivity index (χ4v) is 12.7. The van der Waals surface area contributed by atoms with Crippen LogP contribution in [0.4, 0.5) is 0 Å². The van der Waals surface area contributed by atoms with Crippen LogP contribution in [0.1, 0.15) is 374 Å². The lowest BCUT2D eigenvalue weighted by Gasteiger charge is -2.21. The third kappa shape index (κ3) is 71.4. The molecule has 17 nitrogen and oxygen atoms in total. The van der Waals surface area contributed by atoms with E-state index in [4.69, 9.17) is 37.0 Å². The number of esters is 4. The fourth-order valence-electron chi connectivity index (χ4n) is 11.1. The van der Waals surface area contributed by atoms with Gasteiger partial charge in [0.25, 0.3) is 0 Å². The number of allylic oxidation sites excluding steroid dienone is 8. The van der Waals surface area contributed by atoms with E-state index >= 15 is 0 Å². The quantitative estimate of drug-likeness (QED) is 0.0169. The second-order valence-corrected chi connectivity index (χ2v) is 29.9. The predicted octanol–water partition coefficient (Wildman–Crippen LogP) is 22.9. The van der Waals surface area contributed by atoms with Crippen molar-refractivity contribution in [3.8, 4) is 0 Å². The van der Waals surface area contributed by atoms with Crippen molar-refractivity contribution in [1.29, 1.82) is 0 Å². The molecule has 0 amide bonds. The molecule has 0 rings (SSSR count). The first-order valence-corrected chi connectivity index (χ1v) is 42.9. The molecule has 0 aliphatic carbocycles. The van der Waals surface area contributed by atoms with Gasteiger partial charge in [0.2, 0.25) is 0 Å². The molecule has 0 aliphatic heterocycles. The fraction of sp³-hybridized carbons (Fsp3) is 0.848. The third-order valence-corrected chi connectivity index (χ3v) is 19.2. The van der Waals surface area contributed by atoms with Gasteiger partial charge in [-0.3, -0.25) is 37.3 Å². The zero-order valence-corrected chi connectivity index (χ0v) is 64.5. The van der Waals surface area contributed by atoms with Gasteiger partial charge >= 0.3 is 39.5 Å². The number of phosphoric acid groups is 2. The smallest absolute Gasteiger partial charge is 0.462 e. The van der Waals surface area contributed by atoms with Crippen molar-refractivity contribution in [3.05, 3.63) is 48.6 Å². The third-order valence-electron chi connectivity index (χ3n) is 17.3. The first-order valence-electron chi connectivity index (χ1n) is 39.9. The highest BCUT2D eigenvalue weighted by Gasteiger charge is 2.30. The second-order valence-electron chi connectivity index (χ2n) is 27.0. The second kappa shape index (κ2) is 72.4. The van der Waals surface area contributed by atoms with Crippen molar-refractivity contribution in [2.45, 2.75) is 393 Å². The molecule has 3 N–H and O–H groups in total. The van der Waals surface area contributed by atoms with Crippen LogP contribution >= 0.6 is 15.6 Å². The molecule has 0 fully saturated rings. The van der Waals surface area contributed by atoms with Crippen LogP contribution in [0.5, 0.6) is 0 Å². The highest BCUT2D eigenvalue weighted by Crippen LogP contribution is 2.45. The highest BCUT2D eigenvalue weighted by atomic mass is 31.2. The SMILES string of the molecule is CCCCC/C=C\C/C=C\CCCCCCCC(=O)OC[C@H](COP(=O)(O)OC[C@H](O)COP(=O)(O)OC[C@@H](COC(=O)CCCCCCCCCCCCCCC)OC(=O)CCCCCCC/C=C\CCCCCCCC)OC(=O)CCCCCCC/C=C\CCCCCCCC. The summed E-state index contributed by atoms with van der Waals surface area (Å²) in [6.07, 6.45) is 69.4. The molecule has 0 radical (unpaired) electrons. The Bertz CT molecular complexity index is 2050. The zero-order chi connectivity index (χ0) is 71.8. The average molecular weight is 1430 g/mol. The number of carbonyl (C=O) groups is 4. The Morgan fingerprint density at radius 1 is 0.286 bits per heavy atom. The van der Waals surface area contributed by atoms with E-state index in [2.05, 4.69) is 76.3 Å². The molecule has 0 bridgehead atoms. The molecule has 0 saturated heterocycles. The number of aliphatic hydroxyl groups excluding tert-OH is 1. The normalized spacial score (nSPS) is 14.2. The van der Waals surface area contributed by atoms with Gasteiger partial charge in [0, 0.05) is 25.7 Å². The maximum atomic E-state index is 13.1. The number of phosphoric ester groups is 2. The van der Waals surface area contributed by atoms with Crippen LogP contribution in [0.3, 0.4) is 0 Å². The summed E-state index contributed by atoms with van der Waals surface area (Å²) in [7, 11) is -9.94. The van der Waals surface area contributed by atoms with Crippen molar-refractivity contribution in [2.24, 2.45) is 0 Å². The lowest BCUT2D eigenvalue weighted by atomic mass is 10.0. The summed E-state index contributed by atoms with van der Waals surface area (Å²) in [6.45, 7) is 4.88. The summed E-state index contributed by atoms with van der Waals surface area (Å²) < 4.78 is 68.6. The largest absolute Gasteiger partial charge is 0.472 e. The maximum absolute atomic E-state index is 13.1. The standard InChI is InChI=1S/C79H146O17P2/c1-5-9-13-17-21-25-29-33-36-40-44-48-52-56-60-64-77(82)90-70-75(96-79(84)66-62-58-54-50-46-42-38-35-31-27-23-19-15-11-7-3)72-94-98(87,88)92-68-73(80)67-91-97(85,86)93-71-74(69-89-76(81)63-59-55-51-47-43-39-32-28-24-20-16-12-8-4)95-78(83)65-61-57-53-49-45-41-37-34-30-26-22-18-14-10-6-2/h21,25,33-38,73-75,80H,5-20,22-24,26-32,39-72H2,1-4H3,(H,85,86)(H,87,88)/b25-21-,36-33-,37-34-,38-35-/t73-,74-,75-/m1/s1. The molecule has 5 atom stereocenters. The number of aliphatic hydroxyl groups is 1. The average Bonchev–Trinajstić information content (AvgIpc) is 1.04. The summed E-state index contributed by atoms with van der Waals surface area (Å²) in [6, 6.07) is 0. The Labute approximate surface area is 597 Å². The molecular formula is C79H146O17P2. The van der Waals surface area contributed by atoms with Crippen LogP contribution in [-0.4, -0.2) is 96.7 Å². The molecule has 0 spiro atoms. The van der Waals surface area contributed by atoms with E-state index in [1.807, 2.05) is 0 Å². The molecule has 574 valence electrons. The van der Waals surface area contributed by atoms with Gasteiger partial charge in [-0.1, -0.05) is 288 Å². The molecule has 0 saturated carbocycles. The van der Waals surface area contributed by atoms with Gasteiger partial charge in [-0.2, -0.15) is 0 Å². The van der Waals surface area contributed by atoms with E-state index < -0.39 is 97.5 Å². The van der Waals surface area contributed by atoms with Gasteiger partial charge in [-0.15, -0.1) is 0 Å². The number of unbranched alkanes of at least 4 members (excludes halogenated alkanes) is 42. The molecular weight excluding hydrogens is 1280 g/mol. The Kier molecular flexibility index (Phi) is 70.2. The molecule has 0 aromatic carbocycles. The molecule has 98 heavy (non-hydrogen) atoms. The summed E-state index contributed by atoms with van der Waals surface area (Å²) >= 11 is 0. The van der Waals surface area contributed by atoms with E-state index in [1.165, 1.54) is 154 Å². The van der Waals surface area contributed by atoms with Crippen LogP contribution in [0.25, 0.3) is 0 Å². The van der Waals surface area contributed by atoms with Crippen LogP contribution in [0.15, 0.2) is 48.6 Å². The van der Waals surface area contributed by atoms with E-state index in [9.17, 15) is 43.2 Å². The lowest BCUT2D eigenvalue weighted by Crippen LogP contribution is -2.30. The topological polar surface area (TPSA) is 237 Å². The van der Waals surface area contributed by atoms with Crippen molar-refractivity contribution >= 4 is 39.5 Å². The minimum Gasteiger partial charge on any atom is -0.462 e. The van der Waals surface area contributed by atoms with Crippen LogP contribution in [0, 0.1) is 0 Å². The number of rotatable bonds is 76. The van der Waals surface area contributed by atoms with Gasteiger partial charge in [-0.25, -0.2) is 9.13 Å². The number of carbonyl (C=O) groups excluding carboxylic acids is 4. The molecule has 0 aromatic rings. The predicted molar refractivity (Wildman–Crippen MR) is 400 cm³/mol. The van der Waals surface area contributed by atoms with Crippen molar-refractivity contribution in [2.75, 3.05) is 39.6 Å². The van der Waals surface area contributed by atoms with Crippen molar-refractivity contribution in [1.82, 2.24) is 0 Å². The van der Waals surface area contributed by atoms with E-state index in [1.54, 1.807) is 0 Å². The first-order chi connectivity index (χ1) is 47.7. The van der Waals surface area contributed by atoms with E-state index in [0.29, 0.717) is 25.7 Å². The van der Waals surface area contributed by atoms with Crippen molar-refractivity contribution in [3.63, 3.8) is 0 Å².